The SMILES string of the molecule is CCOC(=O)C1CCCN1c1cccc(OCc2ccccc2)n1. The molecule has 1 saturated heterocycles. The lowest BCUT2D eigenvalue weighted by Gasteiger charge is -2.24. The molecule has 0 N–H and O–H groups in total. The number of ether oxygens (including phenoxy) is 2. The van der Waals surface area contributed by atoms with Gasteiger partial charge in [0.25, 0.3) is 0 Å². The summed E-state index contributed by atoms with van der Waals surface area (Å²) in [5.74, 6) is 1.15. The Bertz CT molecular complexity index is 675. The first-order valence-electron chi connectivity index (χ1n) is 8.35. The van der Waals surface area contributed by atoms with Crippen molar-refractivity contribution < 1.29 is 14.3 Å². The van der Waals surface area contributed by atoms with Crippen molar-refractivity contribution >= 4 is 11.8 Å². The molecule has 24 heavy (non-hydrogen) atoms. The van der Waals surface area contributed by atoms with Crippen LogP contribution in [0.4, 0.5) is 5.82 Å². The molecule has 2 heterocycles. The lowest BCUT2D eigenvalue weighted by molar-refractivity contribution is -0.144. The summed E-state index contributed by atoms with van der Waals surface area (Å²) in [6, 6.07) is 15.4. The zero-order valence-corrected chi connectivity index (χ0v) is 13.9. The van der Waals surface area contributed by atoms with E-state index in [9.17, 15) is 4.79 Å². The molecule has 3 rings (SSSR count). The number of pyridine rings is 1. The maximum Gasteiger partial charge on any atom is 0.328 e. The highest BCUT2D eigenvalue weighted by Gasteiger charge is 2.32. The first kappa shape index (κ1) is 16.3. The molecule has 1 atom stereocenters. The average molecular weight is 326 g/mol. The molecule has 0 amide bonds. The fourth-order valence-corrected chi connectivity index (χ4v) is 2.90. The van der Waals surface area contributed by atoms with Gasteiger partial charge in [0.1, 0.15) is 18.5 Å². The van der Waals surface area contributed by atoms with Crippen molar-refractivity contribution in [3.8, 4) is 5.88 Å². The van der Waals surface area contributed by atoms with Crippen LogP contribution in [0.2, 0.25) is 0 Å². The monoisotopic (exact) mass is 326 g/mol. The minimum absolute atomic E-state index is 0.174. The van der Waals surface area contributed by atoms with Gasteiger partial charge in [-0.05, 0) is 31.4 Å². The van der Waals surface area contributed by atoms with Crippen molar-refractivity contribution in [2.45, 2.75) is 32.4 Å². The van der Waals surface area contributed by atoms with E-state index in [0.29, 0.717) is 19.1 Å². The topological polar surface area (TPSA) is 51.7 Å². The van der Waals surface area contributed by atoms with Gasteiger partial charge in [-0.3, -0.25) is 0 Å². The third-order valence-corrected chi connectivity index (χ3v) is 4.04. The number of rotatable bonds is 6. The molecule has 126 valence electrons. The number of anilines is 1. The van der Waals surface area contributed by atoms with Crippen LogP contribution in [0, 0.1) is 0 Å². The molecule has 0 aliphatic carbocycles. The summed E-state index contributed by atoms with van der Waals surface area (Å²) < 4.78 is 11.0. The van der Waals surface area contributed by atoms with Gasteiger partial charge in [-0.25, -0.2) is 4.79 Å². The van der Waals surface area contributed by atoms with E-state index in [1.54, 1.807) is 0 Å². The average Bonchev–Trinajstić information content (AvgIpc) is 3.11. The van der Waals surface area contributed by atoms with Crippen LogP contribution in [0.3, 0.4) is 0 Å². The molecule has 5 heteroatoms. The Morgan fingerprint density at radius 1 is 1.21 bits per heavy atom. The van der Waals surface area contributed by atoms with Gasteiger partial charge in [0, 0.05) is 12.6 Å². The summed E-state index contributed by atoms with van der Waals surface area (Å²) in [5.41, 5.74) is 1.09. The zero-order valence-electron chi connectivity index (χ0n) is 13.9. The fraction of sp³-hybridized carbons (Fsp3) is 0.368. The molecule has 0 radical (unpaired) electrons. The fourth-order valence-electron chi connectivity index (χ4n) is 2.90. The Morgan fingerprint density at radius 3 is 2.83 bits per heavy atom. The van der Waals surface area contributed by atoms with Crippen LogP contribution in [0.15, 0.2) is 48.5 Å². The first-order valence-corrected chi connectivity index (χ1v) is 8.35. The predicted octanol–water partition coefficient (Wildman–Crippen LogP) is 3.19. The van der Waals surface area contributed by atoms with Gasteiger partial charge in [0.05, 0.1) is 6.61 Å². The molecule has 5 nitrogen and oxygen atoms in total. The van der Waals surface area contributed by atoms with E-state index in [-0.39, 0.29) is 12.0 Å². The van der Waals surface area contributed by atoms with Crippen molar-refractivity contribution in [3.05, 3.63) is 54.1 Å². The van der Waals surface area contributed by atoms with Crippen LogP contribution in [0.25, 0.3) is 0 Å². The highest BCUT2D eigenvalue weighted by atomic mass is 16.5. The summed E-state index contributed by atoms with van der Waals surface area (Å²) in [7, 11) is 0. The van der Waals surface area contributed by atoms with Gasteiger partial charge in [0.15, 0.2) is 0 Å². The normalized spacial score (nSPS) is 16.9. The lowest BCUT2D eigenvalue weighted by atomic mass is 10.2. The maximum absolute atomic E-state index is 12.1. The molecule has 0 bridgehead atoms. The summed E-state index contributed by atoms with van der Waals surface area (Å²) in [4.78, 5) is 18.7. The Kier molecular flexibility index (Phi) is 5.31. The number of hydrogen-bond donors (Lipinski definition) is 0. The van der Waals surface area contributed by atoms with Crippen molar-refractivity contribution in [1.29, 1.82) is 0 Å². The minimum atomic E-state index is -0.248. The van der Waals surface area contributed by atoms with E-state index in [0.717, 1.165) is 30.8 Å². The van der Waals surface area contributed by atoms with E-state index < -0.39 is 0 Å². The lowest BCUT2D eigenvalue weighted by Crippen LogP contribution is -2.37. The molecular weight excluding hydrogens is 304 g/mol. The van der Waals surface area contributed by atoms with Gasteiger partial charge in [0.2, 0.25) is 5.88 Å². The van der Waals surface area contributed by atoms with Crippen LogP contribution in [-0.4, -0.2) is 30.1 Å². The molecule has 2 aromatic rings. The van der Waals surface area contributed by atoms with Crippen LogP contribution < -0.4 is 9.64 Å². The molecule has 1 aromatic carbocycles. The number of carbonyl (C=O) groups is 1. The van der Waals surface area contributed by atoms with E-state index in [2.05, 4.69) is 4.98 Å². The second-order valence-electron chi connectivity index (χ2n) is 5.71. The molecule has 1 aliphatic heterocycles. The zero-order chi connectivity index (χ0) is 16.8. The molecule has 1 aliphatic rings. The molecule has 1 unspecified atom stereocenters. The second-order valence-corrected chi connectivity index (χ2v) is 5.71. The Labute approximate surface area is 142 Å². The molecule has 1 fully saturated rings. The van der Waals surface area contributed by atoms with Gasteiger partial charge in [-0.15, -0.1) is 0 Å². The van der Waals surface area contributed by atoms with Gasteiger partial charge in [-0.2, -0.15) is 4.98 Å². The van der Waals surface area contributed by atoms with E-state index in [4.69, 9.17) is 9.47 Å². The number of carbonyl (C=O) groups excluding carboxylic acids is 1. The van der Waals surface area contributed by atoms with Crippen LogP contribution in [0.1, 0.15) is 25.3 Å². The van der Waals surface area contributed by atoms with Crippen molar-refractivity contribution in [1.82, 2.24) is 4.98 Å². The summed E-state index contributed by atoms with van der Waals surface area (Å²) in [5, 5.41) is 0. The number of aromatic nitrogens is 1. The van der Waals surface area contributed by atoms with Crippen LogP contribution >= 0.6 is 0 Å². The maximum atomic E-state index is 12.1. The molecule has 1 aromatic heterocycles. The predicted molar refractivity (Wildman–Crippen MR) is 92.0 cm³/mol. The van der Waals surface area contributed by atoms with Crippen molar-refractivity contribution in [3.63, 3.8) is 0 Å². The third kappa shape index (κ3) is 3.85. The molecular formula is C19H22N2O3. The highest BCUT2D eigenvalue weighted by molar-refractivity contribution is 5.80. The molecule has 0 spiro atoms. The first-order chi connectivity index (χ1) is 11.8. The smallest absolute Gasteiger partial charge is 0.328 e. The van der Waals surface area contributed by atoms with Crippen LogP contribution in [0.5, 0.6) is 5.88 Å². The summed E-state index contributed by atoms with van der Waals surface area (Å²) >= 11 is 0. The number of esters is 1. The van der Waals surface area contributed by atoms with E-state index in [1.165, 1.54) is 0 Å². The summed E-state index contributed by atoms with van der Waals surface area (Å²) in [6.45, 7) is 3.50. The quantitative estimate of drug-likeness (QED) is 0.763. The van der Waals surface area contributed by atoms with Gasteiger partial charge >= 0.3 is 5.97 Å². The highest BCUT2D eigenvalue weighted by Crippen LogP contribution is 2.26. The Balaban J connectivity index is 1.69. The minimum Gasteiger partial charge on any atom is -0.473 e. The Morgan fingerprint density at radius 2 is 2.04 bits per heavy atom. The molecule has 0 saturated carbocycles. The second kappa shape index (κ2) is 7.81. The van der Waals surface area contributed by atoms with Gasteiger partial charge in [-0.1, -0.05) is 36.4 Å². The Hall–Kier alpha value is -2.56. The number of nitrogens with zero attached hydrogens (tertiary/aromatic N) is 2. The third-order valence-electron chi connectivity index (χ3n) is 4.04. The van der Waals surface area contributed by atoms with E-state index >= 15 is 0 Å². The summed E-state index contributed by atoms with van der Waals surface area (Å²) in [6.07, 6.45) is 1.76. The van der Waals surface area contributed by atoms with Gasteiger partial charge < -0.3 is 14.4 Å². The number of benzene rings is 1. The largest absolute Gasteiger partial charge is 0.473 e. The number of hydrogen-bond acceptors (Lipinski definition) is 5. The van der Waals surface area contributed by atoms with Crippen LogP contribution in [-0.2, 0) is 16.1 Å². The van der Waals surface area contributed by atoms with E-state index in [1.807, 2.05) is 60.4 Å². The van der Waals surface area contributed by atoms with Crippen molar-refractivity contribution in [2.24, 2.45) is 0 Å². The van der Waals surface area contributed by atoms with Crippen molar-refractivity contribution in [2.75, 3.05) is 18.1 Å². The standard InChI is InChI=1S/C19H22N2O3/c1-2-23-19(22)16-10-7-13-21(16)17-11-6-12-18(20-17)24-14-15-8-4-3-5-9-15/h3-6,8-9,11-12,16H,2,7,10,13-14H2,1H3.